The van der Waals surface area contributed by atoms with Gasteiger partial charge < -0.3 is 4.90 Å². The van der Waals surface area contributed by atoms with Crippen LogP contribution in [0.4, 0.5) is 0 Å². The highest BCUT2D eigenvalue weighted by Crippen LogP contribution is 2.19. The van der Waals surface area contributed by atoms with Gasteiger partial charge in [-0.1, -0.05) is 11.6 Å². The maximum atomic E-state index is 12.6. The fourth-order valence-electron chi connectivity index (χ4n) is 2.66. The molecule has 0 atom stereocenters. The number of benzene rings is 1. The minimum Gasteiger partial charge on any atom is -0.339 e. The van der Waals surface area contributed by atoms with Crippen LogP contribution in [0.15, 0.2) is 30.5 Å². The molecule has 1 amide bonds. The van der Waals surface area contributed by atoms with Gasteiger partial charge in [0.2, 0.25) is 0 Å². The van der Waals surface area contributed by atoms with Crippen LogP contribution in [0, 0.1) is 11.3 Å². The van der Waals surface area contributed by atoms with Crippen molar-refractivity contribution < 1.29 is 4.79 Å². The van der Waals surface area contributed by atoms with Crippen LogP contribution in [0.1, 0.15) is 35.3 Å². The van der Waals surface area contributed by atoms with E-state index in [1.807, 2.05) is 0 Å². The molecule has 0 unspecified atom stereocenters. The predicted octanol–water partition coefficient (Wildman–Crippen LogP) is 3.02. The number of hydrogen-bond acceptors (Lipinski definition) is 3. The minimum atomic E-state index is -0.114. The molecule has 0 spiro atoms. The average Bonchev–Trinajstić information content (AvgIpc) is 2.99. The summed E-state index contributed by atoms with van der Waals surface area (Å²) in [6.45, 7) is 1.49. The largest absolute Gasteiger partial charge is 0.339 e. The summed E-state index contributed by atoms with van der Waals surface area (Å²) in [5.74, 6) is -0.114. The van der Waals surface area contributed by atoms with Crippen molar-refractivity contribution in [2.75, 3.05) is 13.1 Å². The number of nitrogens with zero attached hydrogens (tertiary/aromatic N) is 4. The van der Waals surface area contributed by atoms with Gasteiger partial charge in [-0.05, 0) is 43.5 Å². The number of carbonyl (C=O) groups excluding carboxylic acids is 1. The Morgan fingerprint density at radius 1 is 1.18 bits per heavy atom. The zero-order valence-corrected chi connectivity index (χ0v) is 12.8. The van der Waals surface area contributed by atoms with Crippen LogP contribution in [0.25, 0.3) is 5.69 Å². The maximum Gasteiger partial charge on any atom is 0.258 e. The SMILES string of the molecule is N#Cc1c(C(=O)N2CCCCC2)cnn1-c1ccc(Cl)cc1. The van der Waals surface area contributed by atoms with Crippen LogP contribution in [-0.4, -0.2) is 33.7 Å². The fraction of sp³-hybridized carbons (Fsp3) is 0.312. The van der Waals surface area contributed by atoms with Crippen LogP contribution in [0.3, 0.4) is 0 Å². The number of aromatic nitrogens is 2. The summed E-state index contributed by atoms with van der Waals surface area (Å²) in [4.78, 5) is 14.4. The van der Waals surface area contributed by atoms with Crippen molar-refractivity contribution in [2.24, 2.45) is 0 Å². The number of rotatable bonds is 2. The lowest BCUT2D eigenvalue weighted by molar-refractivity contribution is 0.0724. The van der Waals surface area contributed by atoms with Gasteiger partial charge in [0.15, 0.2) is 5.69 Å². The molecule has 0 bridgehead atoms. The van der Waals surface area contributed by atoms with E-state index in [4.69, 9.17) is 11.6 Å². The van der Waals surface area contributed by atoms with Gasteiger partial charge in [-0.3, -0.25) is 4.79 Å². The summed E-state index contributed by atoms with van der Waals surface area (Å²) in [6, 6.07) is 9.09. The van der Waals surface area contributed by atoms with E-state index >= 15 is 0 Å². The smallest absolute Gasteiger partial charge is 0.258 e. The van der Waals surface area contributed by atoms with E-state index in [0.717, 1.165) is 32.4 Å². The Hall–Kier alpha value is -2.32. The first kappa shape index (κ1) is 14.6. The van der Waals surface area contributed by atoms with Gasteiger partial charge in [-0.2, -0.15) is 10.4 Å². The normalized spacial score (nSPS) is 14.6. The molecule has 1 fully saturated rings. The molecule has 2 aromatic rings. The van der Waals surface area contributed by atoms with Crippen LogP contribution in [-0.2, 0) is 0 Å². The first-order chi connectivity index (χ1) is 10.7. The van der Waals surface area contributed by atoms with E-state index in [1.165, 1.54) is 10.9 Å². The molecular formula is C16H15ClN4O. The third-order valence-electron chi connectivity index (χ3n) is 3.82. The quantitative estimate of drug-likeness (QED) is 0.856. The third-order valence-corrected chi connectivity index (χ3v) is 4.07. The Balaban J connectivity index is 1.95. The zero-order valence-electron chi connectivity index (χ0n) is 12.0. The summed E-state index contributed by atoms with van der Waals surface area (Å²) in [7, 11) is 0. The lowest BCUT2D eigenvalue weighted by atomic mass is 10.1. The van der Waals surface area contributed by atoms with Gasteiger partial charge in [0, 0.05) is 18.1 Å². The van der Waals surface area contributed by atoms with Crippen LogP contribution in [0.5, 0.6) is 0 Å². The first-order valence-electron chi connectivity index (χ1n) is 7.24. The highest BCUT2D eigenvalue weighted by Gasteiger charge is 2.24. The second-order valence-corrected chi connectivity index (χ2v) is 5.70. The van der Waals surface area contributed by atoms with Crippen LogP contribution in [0.2, 0.25) is 5.02 Å². The lowest BCUT2D eigenvalue weighted by Gasteiger charge is -2.26. The summed E-state index contributed by atoms with van der Waals surface area (Å²) in [6.07, 6.45) is 4.65. The molecule has 0 radical (unpaired) electrons. The summed E-state index contributed by atoms with van der Waals surface area (Å²) >= 11 is 5.87. The monoisotopic (exact) mass is 314 g/mol. The molecule has 1 aliphatic heterocycles. The van der Waals surface area contributed by atoms with Crippen molar-refractivity contribution >= 4 is 17.5 Å². The van der Waals surface area contributed by atoms with E-state index in [-0.39, 0.29) is 11.6 Å². The molecule has 2 heterocycles. The van der Waals surface area contributed by atoms with Crippen molar-refractivity contribution in [1.29, 1.82) is 5.26 Å². The topological polar surface area (TPSA) is 61.9 Å². The van der Waals surface area contributed by atoms with Gasteiger partial charge in [0.25, 0.3) is 5.91 Å². The van der Waals surface area contributed by atoms with Gasteiger partial charge in [0.1, 0.15) is 6.07 Å². The number of nitriles is 1. The van der Waals surface area contributed by atoms with Gasteiger partial charge in [-0.15, -0.1) is 0 Å². The second-order valence-electron chi connectivity index (χ2n) is 5.26. The Labute approximate surface area is 133 Å². The first-order valence-corrected chi connectivity index (χ1v) is 7.62. The molecule has 1 aromatic heterocycles. The van der Waals surface area contributed by atoms with Crippen molar-refractivity contribution in [3.05, 3.63) is 46.7 Å². The van der Waals surface area contributed by atoms with E-state index in [2.05, 4.69) is 11.2 Å². The molecule has 0 aliphatic carbocycles. The number of hydrogen-bond donors (Lipinski definition) is 0. The Morgan fingerprint density at radius 3 is 2.50 bits per heavy atom. The standard InChI is InChI=1S/C16H15ClN4O/c17-12-4-6-13(7-5-12)21-15(10-18)14(11-19-21)16(22)20-8-2-1-3-9-20/h4-7,11H,1-3,8-9H2. The maximum absolute atomic E-state index is 12.6. The van der Waals surface area contributed by atoms with Crippen molar-refractivity contribution in [3.63, 3.8) is 0 Å². The van der Waals surface area contributed by atoms with Gasteiger partial charge in [0.05, 0.1) is 17.4 Å². The second kappa shape index (κ2) is 6.20. The molecule has 5 nitrogen and oxygen atoms in total. The molecule has 1 aliphatic rings. The molecule has 0 N–H and O–H groups in total. The number of halogens is 1. The highest BCUT2D eigenvalue weighted by molar-refractivity contribution is 6.30. The van der Waals surface area contributed by atoms with Crippen molar-refractivity contribution in [1.82, 2.24) is 14.7 Å². The molecule has 6 heteroatoms. The van der Waals surface area contributed by atoms with Crippen LogP contribution >= 0.6 is 11.6 Å². The average molecular weight is 315 g/mol. The molecule has 0 saturated carbocycles. The van der Waals surface area contributed by atoms with Gasteiger partial charge >= 0.3 is 0 Å². The molecule has 1 aromatic carbocycles. The lowest BCUT2D eigenvalue weighted by Crippen LogP contribution is -2.35. The Morgan fingerprint density at radius 2 is 1.86 bits per heavy atom. The molecule has 3 rings (SSSR count). The Kier molecular flexibility index (Phi) is 4.12. The van der Waals surface area contributed by atoms with E-state index in [1.54, 1.807) is 29.2 Å². The van der Waals surface area contributed by atoms with Crippen molar-refractivity contribution in [3.8, 4) is 11.8 Å². The number of carbonyl (C=O) groups is 1. The molecule has 22 heavy (non-hydrogen) atoms. The van der Waals surface area contributed by atoms with E-state index < -0.39 is 0 Å². The summed E-state index contributed by atoms with van der Waals surface area (Å²) in [5.41, 5.74) is 1.33. The van der Waals surface area contributed by atoms with Crippen molar-refractivity contribution in [2.45, 2.75) is 19.3 Å². The number of amides is 1. The molecule has 1 saturated heterocycles. The fourth-order valence-corrected chi connectivity index (χ4v) is 2.78. The highest BCUT2D eigenvalue weighted by atomic mass is 35.5. The zero-order chi connectivity index (χ0) is 15.5. The van der Waals surface area contributed by atoms with E-state index in [9.17, 15) is 10.1 Å². The third kappa shape index (κ3) is 2.70. The summed E-state index contributed by atoms with van der Waals surface area (Å²) < 4.78 is 1.48. The number of likely N-dealkylation sites (tertiary alicyclic amines) is 1. The summed E-state index contributed by atoms with van der Waals surface area (Å²) in [5, 5.41) is 14.3. The molecular weight excluding hydrogens is 300 g/mol. The predicted molar refractivity (Wildman–Crippen MR) is 83.0 cm³/mol. The Bertz CT molecular complexity index is 724. The number of piperidine rings is 1. The van der Waals surface area contributed by atoms with E-state index in [0.29, 0.717) is 16.3 Å². The molecule has 112 valence electrons. The minimum absolute atomic E-state index is 0.114. The van der Waals surface area contributed by atoms with Gasteiger partial charge in [-0.25, -0.2) is 4.68 Å². The van der Waals surface area contributed by atoms with Crippen LogP contribution < -0.4 is 0 Å².